The summed E-state index contributed by atoms with van der Waals surface area (Å²) in [5.74, 6) is 0.345. The maximum absolute atomic E-state index is 13.7. The summed E-state index contributed by atoms with van der Waals surface area (Å²) in [7, 11) is 0. The molecule has 0 radical (unpaired) electrons. The number of carbonyl (C=O) groups excluding carboxylic acids is 2. The lowest BCUT2D eigenvalue weighted by molar-refractivity contribution is -0.123. The predicted octanol–water partition coefficient (Wildman–Crippen LogP) is 4.99. The number of benzene rings is 1. The van der Waals surface area contributed by atoms with Gasteiger partial charge in [0.25, 0.3) is 11.8 Å². The molecular formula is C28H27N5O2. The van der Waals surface area contributed by atoms with Gasteiger partial charge in [-0.3, -0.25) is 19.5 Å². The van der Waals surface area contributed by atoms with Gasteiger partial charge in [-0.15, -0.1) is 0 Å². The highest BCUT2D eigenvalue weighted by atomic mass is 16.2. The lowest BCUT2D eigenvalue weighted by Crippen LogP contribution is -2.41. The van der Waals surface area contributed by atoms with Gasteiger partial charge in [0, 0.05) is 40.8 Å². The van der Waals surface area contributed by atoms with Crippen molar-refractivity contribution in [2.45, 2.75) is 40.3 Å². The molecule has 4 aromatic rings. The van der Waals surface area contributed by atoms with Crippen LogP contribution in [0.3, 0.4) is 0 Å². The third-order valence-corrected chi connectivity index (χ3v) is 6.35. The maximum Gasteiger partial charge on any atom is 0.261 e. The van der Waals surface area contributed by atoms with E-state index in [9.17, 15) is 9.59 Å². The van der Waals surface area contributed by atoms with Crippen LogP contribution in [-0.4, -0.2) is 36.0 Å². The molecule has 0 atom stereocenters. The van der Waals surface area contributed by atoms with Crippen molar-refractivity contribution in [1.29, 1.82) is 0 Å². The molecule has 5 rings (SSSR count). The van der Waals surface area contributed by atoms with Crippen molar-refractivity contribution in [2.75, 3.05) is 0 Å². The largest absolute Gasteiger partial charge is 0.303 e. The van der Waals surface area contributed by atoms with Crippen molar-refractivity contribution in [1.82, 2.24) is 24.2 Å². The normalized spacial score (nSPS) is 14.8. The van der Waals surface area contributed by atoms with Crippen LogP contribution >= 0.6 is 0 Å². The molecule has 0 fully saturated rings. The maximum atomic E-state index is 13.7. The Labute approximate surface area is 204 Å². The van der Waals surface area contributed by atoms with Crippen LogP contribution in [0.15, 0.2) is 67.0 Å². The minimum atomic E-state index is -0.323. The molecule has 0 saturated carbocycles. The summed E-state index contributed by atoms with van der Waals surface area (Å²) < 4.78 is 4.13. The van der Waals surface area contributed by atoms with Crippen molar-refractivity contribution in [3.63, 3.8) is 0 Å². The highest BCUT2D eigenvalue weighted by Crippen LogP contribution is 2.33. The number of amides is 2. The van der Waals surface area contributed by atoms with E-state index in [1.807, 2.05) is 67.1 Å². The van der Waals surface area contributed by atoms with E-state index in [0.29, 0.717) is 22.4 Å². The van der Waals surface area contributed by atoms with Gasteiger partial charge < -0.3 is 4.57 Å². The summed E-state index contributed by atoms with van der Waals surface area (Å²) in [4.78, 5) is 32.5. The number of aryl methyl sites for hydroxylation is 1. The lowest BCUT2D eigenvalue weighted by Gasteiger charge is -2.28. The highest BCUT2D eigenvalue weighted by molar-refractivity contribution is 6.33. The second-order valence-corrected chi connectivity index (χ2v) is 9.01. The van der Waals surface area contributed by atoms with Gasteiger partial charge in [0.2, 0.25) is 0 Å². The van der Waals surface area contributed by atoms with Gasteiger partial charge in [-0.2, -0.15) is 5.10 Å². The van der Waals surface area contributed by atoms with Gasteiger partial charge >= 0.3 is 0 Å². The number of rotatable bonds is 5. The predicted molar refractivity (Wildman–Crippen MR) is 135 cm³/mol. The van der Waals surface area contributed by atoms with E-state index < -0.39 is 0 Å². The zero-order valence-corrected chi connectivity index (χ0v) is 20.3. The van der Waals surface area contributed by atoms with Gasteiger partial charge in [-0.05, 0) is 69.2 Å². The van der Waals surface area contributed by atoms with Crippen molar-refractivity contribution in [2.24, 2.45) is 0 Å². The molecule has 0 bridgehead atoms. The minimum absolute atomic E-state index is 0.122. The summed E-state index contributed by atoms with van der Waals surface area (Å²) in [6, 6.07) is 17.0. The molecule has 7 nitrogen and oxygen atoms in total. The Morgan fingerprint density at radius 3 is 2.37 bits per heavy atom. The van der Waals surface area contributed by atoms with Gasteiger partial charge in [0.05, 0.1) is 18.4 Å². The fourth-order valence-corrected chi connectivity index (χ4v) is 4.66. The Bertz CT molecular complexity index is 1460. The fraction of sp³-hybridized carbons (Fsp3) is 0.214. The smallest absolute Gasteiger partial charge is 0.261 e. The van der Waals surface area contributed by atoms with Crippen LogP contribution in [0.1, 0.15) is 58.5 Å². The number of nitrogens with zero attached hydrogens (tertiary/aromatic N) is 5. The molecule has 1 aliphatic heterocycles. The first-order valence-electron chi connectivity index (χ1n) is 11.7. The molecule has 4 heterocycles. The first kappa shape index (κ1) is 22.5. The molecule has 0 spiro atoms. The van der Waals surface area contributed by atoms with Gasteiger partial charge in [0.15, 0.2) is 0 Å². The zero-order chi connectivity index (χ0) is 24.7. The van der Waals surface area contributed by atoms with Crippen LogP contribution in [0, 0.1) is 13.8 Å². The topological polar surface area (TPSA) is 73.0 Å². The van der Waals surface area contributed by atoms with Crippen molar-refractivity contribution in [3.8, 4) is 5.82 Å². The van der Waals surface area contributed by atoms with Crippen LogP contribution in [-0.2, 0) is 11.3 Å². The first-order chi connectivity index (χ1) is 16.9. The first-order valence-corrected chi connectivity index (χ1v) is 11.7. The molecule has 0 saturated heterocycles. The van der Waals surface area contributed by atoms with Gasteiger partial charge in [-0.1, -0.05) is 24.3 Å². The number of aromatic nitrogens is 4. The number of fused-ring (bicyclic) bond motifs is 1. The number of imide groups is 1. The Hall–Kier alpha value is -4.26. The van der Waals surface area contributed by atoms with E-state index in [-0.39, 0.29) is 24.4 Å². The quantitative estimate of drug-likeness (QED) is 0.307. The fourth-order valence-electron chi connectivity index (χ4n) is 4.66. The van der Waals surface area contributed by atoms with Crippen LogP contribution in [0.5, 0.6) is 0 Å². The monoisotopic (exact) mass is 465 g/mol. The Balaban J connectivity index is 1.62. The third kappa shape index (κ3) is 3.89. The second-order valence-electron chi connectivity index (χ2n) is 9.01. The van der Waals surface area contributed by atoms with Crippen molar-refractivity contribution >= 4 is 23.5 Å². The molecule has 35 heavy (non-hydrogen) atoms. The minimum Gasteiger partial charge on any atom is -0.303 e. The van der Waals surface area contributed by atoms with Crippen LogP contribution < -0.4 is 0 Å². The lowest BCUT2D eigenvalue weighted by atomic mass is 9.92. The Morgan fingerprint density at radius 2 is 1.66 bits per heavy atom. The van der Waals surface area contributed by atoms with E-state index in [2.05, 4.69) is 34.6 Å². The van der Waals surface area contributed by atoms with Crippen molar-refractivity contribution < 1.29 is 9.59 Å². The van der Waals surface area contributed by atoms with E-state index in [1.165, 1.54) is 4.90 Å². The summed E-state index contributed by atoms with van der Waals surface area (Å²) in [5, 5.41) is 4.48. The SMILES string of the molecule is Cc1cc(C=C2C(=O)N(Cc3ccccn3)C(=O)c3ccccc32)c(C)n1-c1ccnn1C(C)C. The van der Waals surface area contributed by atoms with Gasteiger partial charge in [-0.25, -0.2) is 4.68 Å². The van der Waals surface area contributed by atoms with E-state index >= 15 is 0 Å². The molecule has 0 N–H and O–H groups in total. The molecule has 1 aliphatic rings. The summed E-state index contributed by atoms with van der Waals surface area (Å²) in [6.45, 7) is 8.39. The van der Waals surface area contributed by atoms with E-state index in [0.717, 1.165) is 22.8 Å². The molecule has 0 unspecified atom stereocenters. The Kier molecular flexibility index (Phi) is 5.68. The zero-order valence-electron chi connectivity index (χ0n) is 20.3. The number of carbonyl (C=O) groups is 2. The highest BCUT2D eigenvalue weighted by Gasteiger charge is 2.35. The summed E-state index contributed by atoms with van der Waals surface area (Å²) in [5.41, 5.74) is 5.27. The molecule has 176 valence electrons. The molecule has 3 aromatic heterocycles. The summed E-state index contributed by atoms with van der Waals surface area (Å²) >= 11 is 0. The van der Waals surface area contributed by atoms with E-state index in [1.54, 1.807) is 18.5 Å². The van der Waals surface area contributed by atoms with Crippen LogP contribution in [0.25, 0.3) is 17.5 Å². The average Bonchev–Trinajstić information content (AvgIpc) is 3.44. The number of hydrogen-bond acceptors (Lipinski definition) is 4. The van der Waals surface area contributed by atoms with Crippen molar-refractivity contribution in [3.05, 3.63) is 101 Å². The molecule has 7 heteroatoms. The number of hydrogen-bond donors (Lipinski definition) is 0. The number of pyridine rings is 1. The van der Waals surface area contributed by atoms with Gasteiger partial charge in [0.1, 0.15) is 5.82 Å². The van der Waals surface area contributed by atoms with Crippen LogP contribution in [0.2, 0.25) is 0 Å². The molecule has 1 aromatic carbocycles. The standard InChI is InChI=1S/C28H27N5O2/c1-18(2)33-26(12-14-30-33)32-19(3)15-21(20(32)4)16-25-23-10-5-6-11-24(23)27(34)31(28(25)35)17-22-9-7-8-13-29-22/h5-16,18H,17H2,1-4H3. The Morgan fingerprint density at radius 1 is 0.914 bits per heavy atom. The summed E-state index contributed by atoms with van der Waals surface area (Å²) in [6.07, 6.45) is 5.36. The molecular weight excluding hydrogens is 438 g/mol. The second kappa shape index (κ2) is 8.83. The third-order valence-electron chi connectivity index (χ3n) is 6.35. The van der Waals surface area contributed by atoms with E-state index in [4.69, 9.17) is 0 Å². The molecule has 0 aliphatic carbocycles. The van der Waals surface area contributed by atoms with Crippen LogP contribution in [0.4, 0.5) is 0 Å². The molecule has 2 amide bonds. The average molecular weight is 466 g/mol.